The fourth-order valence-corrected chi connectivity index (χ4v) is 3.59. The third-order valence-electron chi connectivity index (χ3n) is 5.16. The first-order valence-electron chi connectivity index (χ1n) is 10.1. The number of aromatic nitrogens is 2. The molecular formula is C27H19FN2O. The summed E-state index contributed by atoms with van der Waals surface area (Å²) in [6.07, 6.45) is 0.871. The predicted molar refractivity (Wildman–Crippen MR) is 121 cm³/mol. The molecule has 1 aromatic heterocycles. The van der Waals surface area contributed by atoms with Gasteiger partial charge >= 0.3 is 0 Å². The molecule has 0 aliphatic heterocycles. The van der Waals surface area contributed by atoms with Crippen molar-refractivity contribution in [3.8, 4) is 22.9 Å². The van der Waals surface area contributed by atoms with Crippen LogP contribution in [0.5, 0.6) is 11.6 Å². The Bertz CT molecular complexity index is 1320. The molecule has 5 aromatic rings. The van der Waals surface area contributed by atoms with Crippen molar-refractivity contribution in [1.29, 1.82) is 0 Å². The van der Waals surface area contributed by atoms with E-state index in [-0.39, 0.29) is 5.82 Å². The van der Waals surface area contributed by atoms with E-state index in [0.717, 1.165) is 22.8 Å². The molecular weight excluding hydrogens is 387 g/mol. The highest BCUT2D eigenvalue weighted by molar-refractivity contribution is 5.97. The first-order chi connectivity index (χ1) is 15.3. The van der Waals surface area contributed by atoms with Gasteiger partial charge in [-0.2, -0.15) is 0 Å². The molecule has 4 aromatic carbocycles. The molecule has 31 heavy (non-hydrogen) atoms. The third kappa shape index (κ3) is 4.14. The third-order valence-corrected chi connectivity index (χ3v) is 5.16. The van der Waals surface area contributed by atoms with Crippen LogP contribution < -0.4 is 4.74 Å². The monoisotopic (exact) mass is 406 g/mol. The van der Waals surface area contributed by atoms with Crippen molar-refractivity contribution in [2.45, 2.75) is 6.42 Å². The zero-order chi connectivity index (χ0) is 21.0. The molecule has 0 bridgehead atoms. The lowest BCUT2D eigenvalue weighted by Gasteiger charge is -2.11. The minimum absolute atomic E-state index is 0.281. The molecule has 1 heterocycles. The Morgan fingerprint density at radius 2 is 1.26 bits per heavy atom. The van der Waals surface area contributed by atoms with Crippen LogP contribution in [0.2, 0.25) is 0 Å². The number of hydrogen-bond acceptors (Lipinski definition) is 3. The number of benzene rings is 4. The van der Waals surface area contributed by atoms with Crippen LogP contribution in [-0.2, 0) is 6.42 Å². The van der Waals surface area contributed by atoms with Crippen LogP contribution in [0.15, 0.2) is 103 Å². The summed E-state index contributed by atoms with van der Waals surface area (Å²) in [4.78, 5) is 0. The Morgan fingerprint density at radius 3 is 2.00 bits per heavy atom. The topological polar surface area (TPSA) is 35.0 Å². The van der Waals surface area contributed by atoms with Gasteiger partial charge in [0.05, 0.1) is 0 Å². The molecule has 0 aliphatic rings. The second-order valence-electron chi connectivity index (χ2n) is 7.31. The minimum atomic E-state index is -0.281. The standard InChI is InChI=1S/C27H19FN2O/c28-22-14-12-21(13-15-22)26-24-8-4-5-9-25(24)27(30-29-26)31-23-16-10-20(11-17-23)18-19-6-2-1-3-7-19/h1-17H,18H2. The van der Waals surface area contributed by atoms with Crippen LogP contribution >= 0.6 is 0 Å². The van der Waals surface area contributed by atoms with E-state index >= 15 is 0 Å². The highest BCUT2D eigenvalue weighted by Crippen LogP contribution is 2.33. The molecule has 0 spiro atoms. The fourth-order valence-electron chi connectivity index (χ4n) is 3.59. The van der Waals surface area contributed by atoms with E-state index in [2.05, 4.69) is 34.5 Å². The van der Waals surface area contributed by atoms with Gasteiger partial charge in [-0.05, 0) is 60.0 Å². The van der Waals surface area contributed by atoms with Gasteiger partial charge in [0.1, 0.15) is 17.3 Å². The Labute approximate surface area is 179 Å². The number of halogens is 1. The second kappa shape index (κ2) is 8.36. The number of rotatable bonds is 5. The molecule has 0 N–H and O–H groups in total. The van der Waals surface area contributed by atoms with Gasteiger partial charge in [-0.15, -0.1) is 10.2 Å². The van der Waals surface area contributed by atoms with Crippen molar-refractivity contribution in [2.75, 3.05) is 0 Å². The molecule has 3 nitrogen and oxygen atoms in total. The van der Waals surface area contributed by atoms with Gasteiger partial charge in [-0.25, -0.2) is 4.39 Å². The maximum Gasteiger partial charge on any atom is 0.246 e. The summed E-state index contributed by atoms with van der Waals surface area (Å²) >= 11 is 0. The molecule has 0 saturated heterocycles. The molecule has 5 rings (SSSR count). The lowest BCUT2D eigenvalue weighted by Crippen LogP contribution is -1.96. The first kappa shape index (κ1) is 18.9. The summed E-state index contributed by atoms with van der Waals surface area (Å²) in [7, 11) is 0. The van der Waals surface area contributed by atoms with Crippen LogP contribution in [0.1, 0.15) is 11.1 Å². The van der Waals surface area contributed by atoms with Crippen molar-refractivity contribution < 1.29 is 9.13 Å². The van der Waals surface area contributed by atoms with Gasteiger partial charge in [0.15, 0.2) is 0 Å². The number of hydrogen-bond donors (Lipinski definition) is 0. The van der Waals surface area contributed by atoms with Gasteiger partial charge in [0.2, 0.25) is 5.88 Å². The van der Waals surface area contributed by atoms with Gasteiger partial charge in [-0.1, -0.05) is 60.7 Å². The maximum atomic E-state index is 13.3. The quantitative estimate of drug-likeness (QED) is 0.321. The van der Waals surface area contributed by atoms with Crippen molar-refractivity contribution in [2.24, 2.45) is 0 Å². The van der Waals surface area contributed by atoms with E-state index in [9.17, 15) is 4.39 Å². The van der Waals surface area contributed by atoms with Gasteiger partial charge in [-0.3, -0.25) is 0 Å². The van der Waals surface area contributed by atoms with E-state index in [4.69, 9.17) is 4.74 Å². The number of ether oxygens (including phenoxy) is 1. The van der Waals surface area contributed by atoms with Crippen LogP contribution in [0.3, 0.4) is 0 Å². The van der Waals surface area contributed by atoms with E-state index in [1.54, 1.807) is 12.1 Å². The molecule has 0 fully saturated rings. The fraction of sp³-hybridized carbons (Fsp3) is 0.0370. The molecule has 150 valence electrons. The lowest BCUT2D eigenvalue weighted by atomic mass is 10.0. The molecule has 0 unspecified atom stereocenters. The normalized spacial score (nSPS) is 10.9. The zero-order valence-corrected chi connectivity index (χ0v) is 16.7. The highest BCUT2D eigenvalue weighted by atomic mass is 19.1. The zero-order valence-electron chi connectivity index (χ0n) is 16.7. The van der Waals surface area contributed by atoms with Crippen molar-refractivity contribution in [3.05, 3.63) is 120 Å². The number of nitrogens with zero attached hydrogens (tertiary/aromatic N) is 2. The summed E-state index contributed by atoms with van der Waals surface area (Å²) in [5.41, 5.74) is 3.98. The molecule has 0 atom stereocenters. The van der Waals surface area contributed by atoms with E-state index in [1.807, 2.05) is 54.6 Å². The second-order valence-corrected chi connectivity index (χ2v) is 7.31. The first-order valence-corrected chi connectivity index (χ1v) is 10.1. The van der Waals surface area contributed by atoms with Crippen molar-refractivity contribution >= 4 is 10.8 Å². The number of fused-ring (bicyclic) bond motifs is 1. The Hall–Kier alpha value is -4.05. The van der Waals surface area contributed by atoms with E-state index in [0.29, 0.717) is 17.3 Å². The Morgan fingerprint density at radius 1 is 0.613 bits per heavy atom. The van der Waals surface area contributed by atoms with Gasteiger partial charge in [0.25, 0.3) is 0 Å². The summed E-state index contributed by atoms with van der Waals surface area (Å²) in [6, 6.07) is 32.4. The molecule has 0 radical (unpaired) electrons. The average Bonchev–Trinajstić information content (AvgIpc) is 2.82. The van der Waals surface area contributed by atoms with Crippen LogP contribution in [-0.4, -0.2) is 10.2 Å². The lowest BCUT2D eigenvalue weighted by molar-refractivity contribution is 0.462. The van der Waals surface area contributed by atoms with E-state index < -0.39 is 0 Å². The molecule has 0 amide bonds. The largest absolute Gasteiger partial charge is 0.437 e. The van der Waals surface area contributed by atoms with Crippen LogP contribution in [0, 0.1) is 5.82 Å². The SMILES string of the molecule is Fc1ccc(-c2nnc(Oc3ccc(Cc4ccccc4)cc3)c3ccccc23)cc1. The summed E-state index contributed by atoms with van der Waals surface area (Å²) in [6.45, 7) is 0. The van der Waals surface area contributed by atoms with Crippen molar-refractivity contribution in [1.82, 2.24) is 10.2 Å². The maximum absolute atomic E-state index is 13.3. The molecule has 0 aliphatic carbocycles. The predicted octanol–water partition coefficient (Wildman–Crippen LogP) is 6.82. The highest BCUT2D eigenvalue weighted by Gasteiger charge is 2.12. The van der Waals surface area contributed by atoms with Crippen LogP contribution in [0.4, 0.5) is 4.39 Å². The molecule has 0 saturated carbocycles. The smallest absolute Gasteiger partial charge is 0.246 e. The summed E-state index contributed by atoms with van der Waals surface area (Å²) < 4.78 is 19.4. The van der Waals surface area contributed by atoms with E-state index in [1.165, 1.54) is 23.3 Å². The molecule has 4 heteroatoms. The Kier molecular flexibility index (Phi) is 5.11. The average molecular weight is 406 g/mol. The van der Waals surface area contributed by atoms with Gasteiger partial charge in [0, 0.05) is 16.3 Å². The van der Waals surface area contributed by atoms with Gasteiger partial charge < -0.3 is 4.74 Å². The van der Waals surface area contributed by atoms with Crippen LogP contribution in [0.25, 0.3) is 22.0 Å². The Balaban J connectivity index is 1.43. The summed E-state index contributed by atoms with van der Waals surface area (Å²) in [5, 5.41) is 10.5. The summed E-state index contributed by atoms with van der Waals surface area (Å²) in [5.74, 6) is 0.861. The minimum Gasteiger partial charge on any atom is -0.437 e. The van der Waals surface area contributed by atoms with Crippen molar-refractivity contribution in [3.63, 3.8) is 0 Å².